The zero-order chi connectivity index (χ0) is 69.6. The lowest BCUT2D eigenvalue weighted by Gasteiger charge is -2.58. The van der Waals surface area contributed by atoms with E-state index >= 15 is 0 Å². The van der Waals surface area contributed by atoms with Crippen molar-refractivity contribution in [2.45, 2.75) is 58.2 Å². The van der Waals surface area contributed by atoms with Crippen LogP contribution < -0.4 is 0 Å². The van der Waals surface area contributed by atoms with Crippen LogP contribution in [0.3, 0.4) is 0 Å². The average molecular weight is 1360 g/mol. The van der Waals surface area contributed by atoms with Crippen molar-refractivity contribution >= 4 is 109 Å². The first-order valence-corrected chi connectivity index (χ1v) is 38.2. The molecule has 0 fully saturated rings. The van der Waals surface area contributed by atoms with Gasteiger partial charge in [-0.25, -0.2) is 0 Å². The molecule has 12 aliphatic rings. The predicted molar refractivity (Wildman–Crippen MR) is 423 cm³/mol. The third-order valence-electron chi connectivity index (χ3n) is 30.1. The molecule has 4 heterocycles. The standard InChI is InChI=1S/C102H48N6/c103-41-45-37-69-87(91-73(45)77-49-17-1-5-21-53(49)79(91)54-22-6-2-18-50(54)77)83-61-33-34-62-82-64(36-35-63(81(61)82)85-89-71(107(69)99(83)85)39-47(43-105)75-93(89)97-59-27-11-15-31-67(59)101(97)65-29-13-9-25-57(65)95(75)101)86-90-72(40-48(44-106)76-94(90)98-60-28-12-16-32-68(60)102(98)66-30-14-10-26-58(66)96(76)102)108-70-38-46(42-104)74-78-51-19-3-7-23-55(51)80(56-24-8-4-20-52(56)78)92(74)88(70)84(62)100(86)108/h1-40,77-80,95-98H. The number of aromatic nitrogens is 2. The zero-order valence-electron chi connectivity index (χ0n) is 57.4. The van der Waals surface area contributed by atoms with E-state index in [1.54, 1.807) is 0 Å². The van der Waals surface area contributed by atoms with E-state index in [0.29, 0.717) is 11.1 Å². The van der Waals surface area contributed by atoms with Crippen molar-refractivity contribution in [3.63, 3.8) is 0 Å². The van der Waals surface area contributed by atoms with E-state index in [2.05, 4.69) is 276 Å². The van der Waals surface area contributed by atoms with Gasteiger partial charge in [-0.2, -0.15) is 21.0 Å². The summed E-state index contributed by atoms with van der Waals surface area (Å²) < 4.78 is 5.08. The van der Waals surface area contributed by atoms with Crippen LogP contribution in [0.25, 0.3) is 109 Å². The number of hydrogen-bond donors (Lipinski definition) is 0. The Kier molecular flexibility index (Phi) is 8.43. The summed E-state index contributed by atoms with van der Waals surface area (Å²) >= 11 is 0. The summed E-state index contributed by atoms with van der Waals surface area (Å²) in [5.74, 6) is -0.682. The van der Waals surface area contributed by atoms with Gasteiger partial charge in [0, 0.05) is 101 Å². The second kappa shape index (κ2) is 16.9. The van der Waals surface area contributed by atoms with Crippen molar-refractivity contribution in [1.82, 2.24) is 8.80 Å². The molecule has 20 aromatic rings. The van der Waals surface area contributed by atoms with Gasteiger partial charge in [-0.15, -0.1) is 0 Å². The maximum Gasteiger partial charge on any atom is 0.0995 e. The van der Waals surface area contributed by atoms with E-state index in [1.165, 1.54) is 176 Å². The van der Waals surface area contributed by atoms with Gasteiger partial charge in [-0.1, -0.05) is 218 Å². The molecule has 0 saturated heterocycles. The topological polar surface area (TPSA) is 104 Å². The Morgan fingerprint density at radius 2 is 0.444 bits per heavy atom. The van der Waals surface area contributed by atoms with Gasteiger partial charge in [0.2, 0.25) is 0 Å². The molecule has 0 aliphatic heterocycles. The minimum atomic E-state index is -0.333. The molecule has 486 valence electrons. The largest absolute Gasteiger partial charge is 0.308 e. The Labute approximate surface area is 615 Å². The van der Waals surface area contributed by atoms with Crippen LogP contribution >= 0.6 is 0 Å². The van der Waals surface area contributed by atoms with Crippen LogP contribution in [-0.4, -0.2) is 8.80 Å². The zero-order valence-corrected chi connectivity index (χ0v) is 57.4. The lowest BCUT2D eigenvalue weighted by molar-refractivity contribution is 0.333. The third-order valence-corrected chi connectivity index (χ3v) is 30.1. The van der Waals surface area contributed by atoms with Crippen LogP contribution in [0.15, 0.2) is 243 Å². The Hall–Kier alpha value is -13.9. The van der Waals surface area contributed by atoms with Gasteiger partial charge in [0.05, 0.1) is 79.6 Å². The van der Waals surface area contributed by atoms with Crippen LogP contribution in [0, 0.1) is 45.3 Å². The van der Waals surface area contributed by atoms with Gasteiger partial charge in [0.25, 0.3) is 0 Å². The number of hydrogen-bond acceptors (Lipinski definition) is 4. The third kappa shape index (κ3) is 4.97. The quantitative estimate of drug-likeness (QED) is 0.141. The highest BCUT2D eigenvalue weighted by molar-refractivity contribution is 6.49. The van der Waals surface area contributed by atoms with E-state index in [4.69, 9.17) is 0 Å². The summed E-state index contributed by atoms with van der Waals surface area (Å²) in [4.78, 5) is 0. The van der Waals surface area contributed by atoms with E-state index in [0.717, 1.165) is 77.3 Å². The summed E-state index contributed by atoms with van der Waals surface area (Å²) in [7, 11) is 0. The first-order valence-electron chi connectivity index (χ1n) is 38.2. The molecule has 2 spiro atoms. The van der Waals surface area contributed by atoms with Crippen molar-refractivity contribution in [2.24, 2.45) is 0 Å². The fraction of sp³-hybridized carbons (Fsp3) is 0.0980. The maximum atomic E-state index is 12.1. The Bertz CT molecular complexity index is 7690. The summed E-state index contributed by atoms with van der Waals surface area (Å²) in [6.07, 6.45) is 0. The minimum absolute atomic E-state index is 0.00646. The molecule has 12 aliphatic carbocycles. The van der Waals surface area contributed by atoms with Gasteiger partial charge < -0.3 is 8.80 Å². The molecule has 6 unspecified atom stereocenters. The normalized spacial score (nSPS) is 23.0. The molecule has 0 N–H and O–H groups in total. The van der Waals surface area contributed by atoms with Crippen LogP contribution in [-0.2, 0) is 10.8 Å². The molecule has 6 heteroatoms. The Morgan fingerprint density at radius 3 is 0.713 bits per heavy atom. The average Bonchev–Trinajstić information content (AvgIpc) is 1.46. The Morgan fingerprint density at radius 1 is 0.222 bits per heavy atom. The fourth-order valence-electron chi connectivity index (χ4n) is 27.3. The highest BCUT2D eigenvalue weighted by Gasteiger charge is 2.72. The van der Waals surface area contributed by atoms with Crippen molar-refractivity contribution < 1.29 is 0 Å². The van der Waals surface area contributed by atoms with Crippen LogP contribution in [0.2, 0.25) is 0 Å². The van der Waals surface area contributed by atoms with Gasteiger partial charge in [0.1, 0.15) is 0 Å². The maximum absolute atomic E-state index is 12.1. The number of nitrogens with zero attached hydrogens (tertiary/aromatic N) is 6. The fourth-order valence-corrected chi connectivity index (χ4v) is 27.3. The number of fused-ring (bicyclic) bond motifs is 32. The SMILES string of the molecule is N#Cc1cc2c(c3c1C1c4ccccc4C3c3ccccc31)c1c3ccc4c5c(ccc(c35)c3c5c6c(c(C#N)cc5n2c13)C1c2ccccc2C12c1ccccc1C62)c1c2c3c(c(C#N)cc2n2c5cc(C#N)c6c(c5c4c12)C1c2ccccc2C6c2ccccc21)C1c2ccccc2C12c1ccccc1C32. The molecule has 0 amide bonds. The molecule has 0 saturated carbocycles. The summed E-state index contributed by atoms with van der Waals surface area (Å²) in [5, 5.41) is 64.8. The predicted octanol–water partition coefficient (Wildman–Crippen LogP) is 22.1. The van der Waals surface area contributed by atoms with Crippen LogP contribution in [0.1, 0.15) is 203 Å². The number of benzene rings is 16. The van der Waals surface area contributed by atoms with Crippen molar-refractivity contribution in [3.8, 4) is 24.3 Å². The number of nitriles is 4. The molecule has 6 nitrogen and oxygen atoms in total. The molecular weight excluding hydrogens is 1310 g/mol. The molecule has 4 aromatic heterocycles. The Balaban J connectivity index is 0.854. The van der Waals surface area contributed by atoms with E-state index in [1.807, 2.05) is 0 Å². The van der Waals surface area contributed by atoms with E-state index in [9.17, 15) is 21.0 Å². The second-order valence-corrected chi connectivity index (χ2v) is 33.0. The van der Waals surface area contributed by atoms with Crippen molar-refractivity contribution in [3.05, 3.63) is 398 Å². The van der Waals surface area contributed by atoms with Gasteiger partial charge in [0.15, 0.2) is 0 Å². The van der Waals surface area contributed by atoms with Gasteiger partial charge in [-0.3, -0.25) is 0 Å². The monoisotopic (exact) mass is 1360 g/mol. The summed E-state index contributed by atoms with van der Waals surface area (Å²) in [6, 6.07) is 103. The smallest absolute Gasteiger partial charge is 0.0995 e. The van der Waals surface area contributed by atoms with E-state index < -0.39 is 0 Å². The van der Waals surface area contributed by atoms with Crippen LogP contribution in [0.4, 0.5) is 0 Å². The van der Waals surface area contributed by atoms with Gasteiger partial charge in [-0.05, 0) is 190 Å². The first-order chi connectivity index (χ1) is 53.5. The van der Waals surface area contributed by atoms with Gasteiger partial charge >= 0.3 is 0 Å². The summed E-state index contributed by atoms with van der Waals surface area (Å²) in [6.45, 7) is 0. The molecule has 0 radical (unpaired) electrons. The first kappa shape index (κ1) is 53.8. The number of rotatable bonds is 0. The molecule has 4 bridgehead atoms. The van der Waals surface area contributed by atoms with Crippen molar-refractivity contribution in [1.29, 1.82) is 21.0 Å². The summed E-state index contributed by atoms with van der Waals surface area (Å²) in [5.41, 5.74) is 38.8. The highest BCUT2D eigenvalue weighted by atomic mass is 14.9. The van der Waals surface area contributed by atoms with Crippen molar-refractivity contribution in [2.75, 3.05) is 0 Å². The van der Waals surface area contributed by atoms with Crippen LogP contribution in [0.5, 0.6) is 0 Å². The molecule has 6 atom stereocenters. The molecule has 32 rings (SSSR count). The lowest BCUT2D eigenvalue weighted by atomic mass is 9.43. The molecular formula is C102H48N6. The van der Waals surface area contributed by atoms with E-state index in [-0.39, 0.29) is 58.2 Å². The molecule has 16 aromatic carbocycles. The highest BCUT2D eigenvalue weighted by Crippen LogP contribution is 2.81. The molecule has 108 heavy (non-hydrogen) atoms. The lowest BCUT2D eigenvalue weighted by Crippen LogP contribution is -2.52. The minimum Gasteiger partial charge on any atom is -0.308 e. The second-order valence-electron chi connectivity index (χ2n) is 33.0.